The quantitative estimate of drug-likeness (QED) is 0.537. The Morgan fingerprint density at radius 2 is 2.00 bits per heavy atom. The van der Waals surface area contributed by atoms with Gasteiger partial charge in [0.1, 0.15) is 16.2 Å². The van der Waals surface area contributed by atoms with Crippen LogP contribution in [-0.4, -0.2) is 33.2 Å². The third kappa shape index (κ3) is 4.18. The number of nitrogens with zero attached hydrogens (tertiary/aromatic N) is 4. The number of hydrogen-bond donors (Lipinski definition) is 0. The van der Waals surface area contributed by atoms with Crippen LogP contribution in [0.1, 0.15) is 36.4 Å². The number of carbonyl (C=O) groups excluding carboxylic acids is 1. The number of rotatable bonds is 4. The van der Waals surface area contributed by atoms with Gasteiger partial charge in [0.25, 0.3) is 5.91 Å². The molecule has 2 aliphatic rings. The molecule has 0 unspecified atom stereocenters. The van der Waals surface area contributed by atoms with Crippen molar-refractivity contribution in [1.82, 2.24) is 9.88 Å². The highest BCUT2D eigenvalue weighted by atomic mass is 32.2. The molecule has 2 aromatic rings. The van der Waals surface area contributed by atoms with E-state index in [4.69, 9.17) is 16.6 Å². The fourth-order valence-corrected chi connectivity index (χ4v) is 4.51. The number of thioether (sulfide) groups is 1. The number of oxazole rings is 1. The molecule has 2 fully saturated rings. The Bertz CT molecular complexity index is 1020. The van der Waals surface area contributed by atoms with Crippen LogP contribution in [0.2, 0.25) is 0 Å². The summed E-state index contributed by atoms with van der Waals surface area (Å²) in [5.41, 5.74) is 0.999. The van der Waals surface area contributed by atoms with Gasteiger partial charge < -0.3 is 9.32 Å². The first-order valence-electron chi connectivity index (χ1n) is 9.21. The summed E-state index contributed by atoms with van der Waals surface area (Å²) in [6.07, 6.45) is 4.78. The Morgan fingerprint density at radius 3 is 2.69 bits per heavy atom. The monoisotopic (exact) mass is 428 g/mol. The van der Waals surface area contributed by atoms with Gasteiger partial charge in [0, 0.05) is 19.2 Å². The second-order valence-electron chi connectivity index (χ2n) is 6.76. The molecule has 1 aromatic heterocycles. The van der Waals surface area contributed by atoms with Crippen molar-refractivity contribution in [1.29, 1.82) is 5.26 Å². The molecule has 0 radical (unpaired) electrons. The standard InChI is InChI=1S/C20H17FN4O2S2/c21-14-6-4-13(5-7-14)12-25-18(26)16(29-20(25)28)10-17-23-15(11-22)19(27-17)24-8-2-1-3-9-24/h4-7,10H,1-3,8-9,12H2/b16-10-. The van der Waals surface area contributed by atoms with Crippen LogP contribution < -0.4 is 4.90 Å². The van der Waals surface area contributed by atoms with Gasteiger partial charge >= 0.3 is 0 Å². The average Bonchev–Trinajstić information content (AvgIpc) is 3.26. The predicted molar refractivity (Wildman–Crippen MR) is 112 cm³/mol. The average molecular weight is 429 g/mol. The molecular weight excluding hydrogens is 411 g/mol. The molecule has 4 rings (SSSR count). The van der Waals surface area contributed by atoms with E-state index in [2.05, 4.69) is 11.1 Å². The maximum atomic E-state index is 13.1. The second kappa shape index (κ2) is 8.35. The Labute approximate surface area is 177 Å². The lowest BCUT2D eigenvalue weighted by atomic mass is 10.1. The van der Waals surface area contributed by atoms with Gasteiger partial charge in [0.05, 0.1) is 11.4 Å². The number of aromatic nitrogens is 1. The number of anilines is 1. The molecule has 2 aliphatic heterocycles. The van der Waals surface area contributed by atoms with Crippen LogP contribution in [0.4, 0.5) is 10.3 Å². The van der Waals surface area contributed by atoms with Crippen molar-refractivity contribution in [3.05, 3.63) is 52.1 Å². The number of nitriles is 1. The number of benzene rings is 1. The summed E-state index contributed by atoms with van der Waals surface area (Å²) in [6, 6.07) is 8.01. The van der Waals surface area contributed by atoms with Crippen LogP contribution in [0.3, 0.4) is 0 Å². The summed E-state index contributed by atoms with van der Waals surface area (Å²) >= 11 is 6.49. The highest BCUT2D eigenvalue weighted by Gasteiger charge is 2.33. The number of amides is 1. The van der Waals surface area contributed by atoms with Crippen LogP contribution >= 0.6 is 24.0 Å². The summed E-state index contributed by atoms with van der Waals surface area (Å²) in [6.45, 7) is 1.91. The van der Waals surface area contributed by atoms with E-state index in [-0.39, 0.29) is 29.9 Å². The van der Waals surface area contributed by atoms with Gasteiger partial charge in [-0.3, -0.25) is 9.69 Å². The fraction of sp³-hybridized carbons (Fsp3) is 0.300. The predicted octanol–water partition coefficient (Wildman–Crippen LogP) is 4.08. The molecule has 2 saturated heterocycles. The van der Waals surface area contributed by atoms with Crippen LogP contribution in [0.5, 0.6) is 0 Å². The first-order valence-corrected chi connectivity index (χ1v) is 10.4. The molecule has 9 heteroatoms. The van der Waals surface area contributed by atoms with E-state index in [0.29, 0.717) is 15.1 Å². The second-order valence-corrected chi connectivity index (χ2v) is 8.44. The molecule has 0 atom stereocenters. The van der Waals surface area contributed by atoms with Crippen molar-refractivity contribution in [3.8, 4) is 6.07 Å². The minimum Gasteiger partial charge on any atom is -0.420 e. The molecular formula is C20H17FN4O2S2. The lowest BCUT2D eigenvalue weighted by Gasteiger charge is -2.25. The summed E-state index contributed by atoms with van der Waals surface area (Å²) in [7, 11) is 0. The van der Waals surface area contributed by atoms with Gasteiger partial charge in [0.2, 0.25) is 17.5 Å². The van der Waals surface area contributed by atoms with E-state index in [9.17, 15) is 14.4 Å². The van der Waals surface area contributed by atoms with Gasteiger partial charge in [-0.1, -0.05) is 36.1 Å². The fourth-order valence-electron chi connectivity index (χ4n) is 3.29. The highest BCUT2D eigenvalue weighted by molar-refractivity contribution is 8.26. The summed E-state index contributed by atoms with van der Waals surface area (Å²) in [5, 5.41) is 9.40. The normalized spacial score (nSPS) is 18.6. The molecule has 1 aromatic carbocycles. The molecule has 6 nitrogen and oxygen atoms in total. The summed E-state index contributed by atoms with van der Waals surface area (Å²) in [5.74, 6) is 0.0749. The van der Waals surface area contributed by atoms with Gasteiger partial charge in [0.15, 0.2) is 0 Å². The van der Waals surface area contributed by atoms with E-state index in [1.807, 2.05) is 4.90 Å². The number of halogens is 1. The lowest BCUT2D eigenvalue weighted by molar-refractivity contribution is -0.122. The van der Waals surface area contributed by atoms with Gasteiger partial charge in [-0.05, 0) is 37.0 Å². The minimum atomic E-state index is -0.333. The Hall–Kier alpha value is -2.70. The van der Waals surface area contributed by atoms with Crippen molar-refractivity contribution in [2.75, 3.05) is 18.0 Å². The number of piperidine rings is 1. The summed E-state index contributed by atoms with van der Waals surface area (Å²) < 4.78 is 19.3. The van der Waals surface area contributed by atoms with Crippen LogP contribution in [0.25, 0.3) is 6.08 Å². The highest BCUT2D eigenvalue weighted by Crippen LogP contribution is 2.34. The molecule has 3 heterocycles. The molecule has 0 bridgehead atoms. The first-order chi connectivity index (χ1) is 14.0. The van der Waals surface area contributed by atoms with Crippen molar-refractivity contribution < 1.29 is 13.6 Å². The molecule has 0 spiro atoms. The van der Waals surface area contributed by atoms with Crippen molar-refractivity contribution >= 4 is 46.2 Å². The SMILES string of the molecule is N#Cc1nc(/C=C2\SC(=S)N(Cc3ccc(F)cc3)C2=O)oc1N1CCCCC1. The van der Waals surface area contributed by atoms with E-state index in [1.54, 1.807) is 12.1 Å². The van der Waals surface area contributed by atoms with E-state index < -0.39 is 0 Å². The van der Waals surface area contributed by atoms with Gasteiger partial charge in [-0.15, -0.1) is 0 Å². The van der Waals surface area contributed by atoms with Crippen LogP contribution in [0, 0.1) is 17.1 Å². The van der Waals surface area contributed by atoms with E-state index >= 15 is 0 Å². The third-order valence-electron chi connectivity index (χ3n) is 4.76. The Balaban J connectivity index is 1.54. The maximum Gasteiger partial charge on any atom is 0.266 e. The van der Waals surface area contributed by atoms with Crippen LogP contribution in [0.15, 0.2) is 33.6 Å². The van der Waals surface area contributed by atoms with Gasteiger partial charge in [-0.2, -0.15) is 10.2 Å². The first kappa shape index (κ1) is 19.6. The largest absolute Gasteiger partial charge is 0.420 e. The number of thiocarbonyl (C=S) groups is 1. The van der Waals surface area contributed by atoms with E-state index in [0.717, 1.165) is 49.7 Å². The number of hydrogen-bond acceptors (Lipinski definition) is 7. The molecule has 1 amide bonds. The van der Waals surface area contributed by atoms with Gasteiger partial charge in [-0.25, -0.2) is 4.39 Å². The maximum absolute atomic E-state index is 13.1. The van der Waals surface area contributed by atoms with Crippen molar-refractivity contribution in [2.45, 2.75) is 25.8 Å². The Kier molecular flexibility index (Phi) is 5.65. The van der Waals surface area contributed by atoms with Crippen molar-refractivity contribution in [3.63, 3.8) is 0 Å². The molecule has 0 aliphatic carbocycles. The lowest BCUT2D eigenvalue weighted by Crippen LogP contribution is -2.29. The van der Waals surface area contributed by atoms with E-state index in [1.165, 1.54) is 23.1 Å². The molecule has 148 valence electrons. The minimum absolute atomic E-state index is 0.212. The molecule has 0 saturated carbocycles. The topological polar surface area (TPSA) is 73.4 Å². The Morgan fingerprint density at radius 1 is 1.28 bits per heavy atom. The van der Waals surface area contributed by atoms with Crippen molar-refractivity contribution in [2.24, 2.45) is 0 Å². The zero-order valence-electron chi connectivity index (χ0n) is 15.4. The third-order valence-corrected chi connectivity index (χ3v) is 6.13. The van der Waals surface area contributed by atoms with Crippen LogP contribution in [-0.2, 0) is 11.3 Å². The number of carbonyl (C=O) groups is 1. The zero-order chi connectivity index (χ0) is 20.4. The summed E-state index contributed by atoms with van der Waals surface area (Å²) in [4.78, 5) is 20.9. The molecule has 29 heavy (non-hydrogen) atoms. The smallest absolute Gasteiger partial charge is 0.266 e. The molecule has 0 N–H and O–H groups in total. The zero-order valence-corrected chi connectivity index (χ0v) is 17.1.